The summed E-state index contributed by atoms with van der Waals surface area (Å²) in [5.74, 6) is 0.239. The van der Waals surface area contributed by atoms with E-state index in [4.69, 9.17) is 12.2 Å². The molecule has 0 spiro atoms. The second-order valence-electron chi connectivity index (χ2n) is 6.91. The van der Waals surface area contributed by atoms with Crippen LogP contribution in [0.15, 0.2) is 48.5 Å². The maximum Gasteiger partial charge on any atom is 0.269 e. The number of non-ortho nitro benzene ring substituents is 1. The molecule has 3 rings (SSSR count). The summed E-state index contributed by atoms with van der Waals surface area (Å²) in [6, 6.07) is 13.3. The highest BCUT2D eigenvalue weighted by atomic mass is 32.1. The van der Waals surface area contributed by atoms with E-state index >= 15 is 0 Å². The van der Waals surface area contributed by atoms with Gasteiger partial charge in [-0.05, 0) is 69.5 Å². The van der Waals surface area contributed by atoms with E-state index in [9.17, 15) is 14.9 Å². The highest BCUT2D eigenvalue weighted by molar-refractivity contribution is 7.80. The Hall–Kier alpha value is -2.84. The Bertz CT molecular complexity index is 877. The number of nitrogens with one attached hydrogen (secondary N) is 2. The SMILES string of the molecule is CN1CCC(C(=O)c2cccc(NC(=S)Nc3ccc([N+](=O)[O-])cc3)c2)CC1. The normalized spacial score (nSPS) is 15.0. The molecule has 146 valence electrons. The number of nitro benzene ring substituents is 1. The molecule has 0 aromatic heterocycles. The molecular formula is C20H22N4O3S. The number of anilines is 2. The van der Waals surface area contributed by atoms with E-state index in [0.717, 1.165) is 31.6 Å². The molecule has 2 aromatic rings. The molecule has 7 nitrogen and oxygen atoms in total. The van der Waals surface area contributed by atoms with Crippen LogP contribution in [0.2, 0.25) is 0 Å². The minimum absolute atomic E-state index is 0.0181. The quantitative estimate of drug-likeness (QED) is 0.341. The number of rotatable bonds is 5. The van der Waals surface area contributed by atoms with Gasteiger partial charge in [-0.1, -0.05) is 12.1 Å². The monoisotopic (exact) mass is 398 g/mol. The van der Waals surface area contributed by atoms with Crippen molar-refractivity contribution in [3.05, 3.63) is 64.2 Å². The number of Topliss-reactive ketones (excluding diaryl/α,β-unsaturated/α-hetero) is 1. The van der Waals surface area contributed by atoms with Crippen molar-refractivity contribution in [3.8, 4) is 0 Å². The fourth-order valence-electron chi connectivity index (χ4n) is 3.22. The minimum Gasteiger partial charge on any atom is -0.332 e. The number of ketones is 1. The van der Waals surface area contributed by atoms with Crippen molar-refractivity contribution in [3.63, 3.8) is 0 Å². The third-order valence-corrected chi connectivity index (χ3v) is 5.03. The van der Waals surface area contributed by atoms with E-state index in [2.05, 4.69) is 22.6 Å². The van der Waals surface area contributed by atoms with Gasteiger partial charge >= 0.3 is 0 Å². The van der Waals surface area contributed by atoms with Crippen LogP contribution in [0.5, 0.6) is 0 Å². The molecule has 0 bridgehead atoms. The number of carbonyl (C=O) groups excluding carboxylic acids is 1. The Morgan fingerprint density at radius 2 is 1.75 bits per heavy atom. The minimum atomic E-state index is -0.451. The van der Waals surface area contributed by atoms with Crippen LogP contribution < -0.4 is 10.6 Å². The highest BCUT2D eigenvalue weighted by Gasteiger charge is 2.24. The maximum absolute atomic E-state index is 12.8. The number of nitro groups is 1. The zero-order chi connectivity index (χ0) is 20.1. The van der Waals surface area contributed by atoms with Gasteiger partial charge in [0, 0.05) is 35.0 Å². The summed E-state index contributed by atoms with van der Waals surface area (Å²) in [5.41, 5.74) is 2.06. The van der Waals surface area contributed by atoms with Gasteiger partial charge < -0.3 is 15.5 Å². The highest BCUT2D eigenvalue weighted by Crippen LogP contribution is 2.23. The van der Waals surface area contributed by atoms with E-state index in [-0.39, 0.29) is 17.4 Å². The van der Waals surface area contributed by atoms with Crippen LogP contribution in [0.25, 0.3) is 0 Å². The Morgan fingerprint density at radius 1 is 1.11 bits per heavy atom. The zero-order valence-corrected chi connectivity index (χ0v) is 16.4. The molecule has 1 aliphatic rings. The van der Waals surface area contributed by atoms with Crippen LogP contribution >= 0.6 is 12.2 Å². The number of hydrogen-bond acceptors (Lipinski definition) is 5. The van der Waals surface area contributed by atoms with Crippen molar-refractivity contribution < 1.29 is 9.72 Å². The van der Waals surface area contributed by atoms with Crippen molar-refractivity contribution in [2.75, 3.05) is 30.8 Å². The molecule has 0 unspecified atom stereocenters. The second kappa shape index (κ2) is 8.90. The zero-order valence-electron chi connectivity index (χ0n) is 15.6. The molecule has 2 N–H and O–H groups in total. The summed E-state index contributed by atoms with van der Waals surface area (Å²) >= 11 is 5.30. The summed E-state index contributed by atoms with van der Waals surface area (Å²) < 4.78 is 0. The standard InChI is InChI=1S/C20H22N4O3S/c1-23-11-9-14(10-12-23)19(25)15-3-2-4-17(13-15)22-20(28)21-16-5-7-18(8-6-16)24(26)27/h2-8,13-14H,9-12H2,1H3,(H2,21,22,28). The van der Waals surface area contributed by atoms with E-state index in [1.807, 2.05) is 24.3 Å². The number of nitrogens with zero attached hydrogens (tertiary/aromatic N) is 2. The molecule has 2 aromatic carbocycles. The lowest BCUT2D eigenvalue weighted by Gasteiger charge is -2.28. The Labute approximate surface area is 168 Å². The number of piperidine rings is 1. The predicted octanol–water partition coefficient (Wildman–Crippen LogP) is 3.93. The van der Waals surface area contributed by atoms with Gasteiger partial charge in [-0.3, -0.25) is 14.9 Å². The predicted molar refractivity (Wildman–Crippen MR) is 114 cm³/mol. The van der Waals surface area contributed by atoms with E-state index < -0.39 is 4.92 Å². The average molecular weight is 398 g/mol. The fraction of sp³-hybridized carbons (Fsp3) is 0.300. The number of benzene rings is 2. The lowest BCUT2D eigenvalue weighted by atomic mass is 9.89. The topological polar surface area (TPSA) is 87.5 Å². The third-order valence-electron chi connectivity index (χ3n) is 4.83. The van der Waals surface area contributed by atoms with E-state index in [0.29, 0.717) is 16.4 Å². The van der Waals surface area contributed by atoms with Crippen LogP contribution in [-0.4, -0.2) is 40.9 Å². The number of thiocarbonyl (C=S) groups is 1. The van der Waals surface area contributed by atoms with Crippen molar-refractivity contribution in [1.29, 1.82) is 0 Å². The Balaban J connectivity index is 1.61. The largest absolute Gasteiger partial charge is 0.332 e. The van der Waals surface area contributed by atoms with Gasteiger partial charge in [0.05, 0.1) is 4.92 Å². The van der Waals surface area contributed by atoms with Gasteiger partial charge in [-0.15, -0.1) is 0 Å². The first-order valence-corrected chi connectivity index (χ1v) is 9.48. The van der Waals surface area contributed by atoms with Gasteiger partial charge in [-0.25, -0.2) is 0 Å². The molecule has 1 fully saturated rings. The van der Waals surface area contributed by atoms with Crippen LogP contribution in [0.4, 0.5) is 17.1 Å². The van der Waals surface area contributed by atoms with Crippen molar-refractivity contribution >= 4 is 40.2 Å². The van der Waals surface area contributed by atoms with Gasteiger partial charge in [0.2, 0.25) is 0 Å². The maximum atomic E-state index is 12.8. The summed E-state index contributed by atoms with van der Waals surface area (Å²) in [6.07, 6.45) is 1.76. The van der Waals surface area contributed by atoms with Crippen LogP contribution in [0, 0.1) is 16.0 Å². The smallest absolute Gasteiger partial charge is 0.269 e. The van der Waals surface area contributed by atoms with Crippen LogP contribution in [0.3, 0.4) is 0 Å². The first-order valence-electron chi connectivity index (χ1n) is 9.07. The van der Waals surface area contributed by atoms with Crippen LogP contribution in [0.1, 0.15) is 23.2 Å². The summed E-state index contributed by atoms with van der Waals surface area (Å²) in [5, 5.41) is 17.1. The second-order valence-corrected chi connectivity index (χ2v) is 7.31. The molecule has 1 saturated heterocycles. The van der Waals surface area contributed by atoms with E-state index in [1.165, 1.54) is 12.1 Å². The average Bonchev–Trinajstić information content (AvgIpc) is 2.68. The fourth-order valence-corrected chi connectivity index (χ4v) is 3.45. The molecule has 0 atom stereocenters. The molecule has 0 amide bonds. The lowest BCUT2D eigenvalue weighted by molar-refractivity contribution is -0.384. The molecule has 0 radical (unpaired) electrons. The van der Waals surface area contributed by atoms with Gasteiger partial charge in [0.25, 0.3) is 5.69 Å². The Kier molecular flexibility index (Phi) is 6.33. The van der Waals surface area contributed by atoms with Gasteiger partial charge in [-0.2, -0.15) is 0 Å². The number of hydrogen-bond donors (Lipinski definition) is 2. The Morgan fingerprint density at radius 3 is 2.39 bits per heavy atom. The van der Waals surface area contributed by atoms with Crippen molar-refractivity contribution in [1.82, 2.24) is 4.90 Å². The number of likely N-dealkylation sites (tertiary alicyclic amines) is 1. The molecule has 28 heavy (non-hydrogen) atoms. The first-order chi connectivity index (χ1) is 13.4. The summed E-state index contributed by atoms with van der Waals surface area (Å²) in [7, 11) is 2.07. The van der Waals surface area contributed by atoms with Gasteiger partial charge in [0.15, 0.2) is 10.9 Å². The third kappa shape index (κ3) is 5.11. The molecule has 0 aliphatic carbocycles. The summed E-state index contributed by atoms with van der Waals surface area (Å²) in [4.78, 5) is 25.3. The van der Waals surface area contributed by atoms with Crippen molar-refractivity contribution in [2.24, 2.45) is 5.92 Å². The van der Waals surface area contributed by atoms with Crippen molar-refractivity contribution in [2.45, 2.75) is 12.8 Å². The molecular weight excluding hydrogens is 376 g/mol. The molecule has 8 heteroatoms. The van der Waals surface area contributed by atoms with E-state index in [1.54, 1.807) is 12.1 Å². The lowest BCUT2D eigenvalue weighted by Crippen LogP contribution is -2.33. The summed E-state index contributed by atoms with van der Waals surface area (Å²) in [6.45, 7) is 1.88. The molecule has 1 heterocycles. The molecule has 0 saturated carbocycles. The van der Waals surface area contributed by atoms with Gasteiger partial charge in [0.1, 0.15) is 0 Å². The molecule has 1 aliphatic heterocycles. The first kappa shape index (κ1) is 19.9. The van der Waals surface area contributed by atoms with Crippen LogP contribution in [-0.2, 0) is 0 Å². The number of carbonyl (C=O) groups is 1.